The van der Waals surface area contributed by atoms with Crippen molar-refractivity contribution in [2.24, 2.45) is 53.3 Å². The molecule has 3 amide bonds. The highest BCUT2D eigenvalue weighted by atomic mass is 35.5. The van der Waals surface area contributed by atoms with Gasteiger partial charge in [0.05, 0.1) is 63.8 Å². The van der Waals surface area contributed by atoms with Crippen LogP contribution in [0.3, 0.4) is 0 Å². The zero-order valence-corrected chi connectivity index (χ0v) is 78.5. The van der Waals surface area contributed by atoms with E-state index in [0.717, 1.165) is 142 Å². The molecule has 0 saturated heterocycles. The number of rotatable bonds is 1. The van der Waals surface area contributed by atoms with Crippen molar-refractivity contribution in [1.82, 2.24) is 14.2 Å². The predicted molar refractivity (Wildman–Crippen MR) is 510 cm³/mol. The molecule has 128 heavy (non-hydrogen) atoms. The number of anilines is 3. The average Bonchev–Trinajstić information content (AvgIpc) is 1.55. The summed E-state index contributed by atoms with van der Waals surface area (Å²) in [6.07, 6.45) is 27.7. The third-order valence-electron chi connectivity index (χ3n) is 31.1. The Morgan fingerprint density at radius 2 is 0.781 bits per heavy atom. The van der Waals surface area contributed by atoms with Gasteiger partial charge in [0.25, 0.3) is 17.7 Å². The molecule has 18 rings (SSSR count). The van der Waals surface area contributed by atoms with E-state index in [1.165, 1.54) is 33.4 Å². The molecular weight excluding hydrogens is 1740 g/mol. The van der Waals surface area contributed by atoms with Gasteiger partial charge >= 0.3 is 0 Å². The molecule has 27 heteroatoms. The summed E-state index contributed by atoms with van der Waals surface area (Å²) in [7, 11) is -9.99. The molecule has 0 unspecified atom stereocenters. The third-order valence-corrected chi connectivity index (χ3v) is 37.5. The minimum atomic E-state index is -3.93. The van der Waals surface area contributed by atoms with Gasteiger partial charge in [0.2, 0.25) is 30.1 Å². The van der Waals surface area contributed by atoms with E-state index in [-0.39, 0.29) is 89.4 Å². The summed E-state index contributed by atoms with van der Waals surface area (Å²) in [6, 6.07) is 34.2. The number of halogens is 3. The van der Waals surface area contributed by atoms with Crippen molar-refractivity contribution in [3.63, 3.8) is 0 Å². The summed E-state index contributed by atoms with van der Waals surface area (Å²) in [5.41, 5.74) is 8.51. The van der Waals surface area contributed by atoms with Crippen LogP contribution in [0.25, 0.3) is 0 Å². The molecule has 3 spiro atoms. The maximum atomic E-state index is 13.4. The Morgan fingerprint density at radius 3 is 1.12 bits per heavy atom. The van der Waals surface area contributed by atoms with E-state index in [4.69, 9.17) is 53.8 Å². The van der Waals surface area contributed by atoms with Crippen LogP contribution in [-0.4, -0.2) is 147 Å². The van der Waals surface area contributed by atoms with Crippen molar-refractivity contribution in [3.05, 3.63) is 211 Å². The lowest BCUT2D eigenvalue weighted by Gasteiger charge is -2.49. The Balaban J connectivity index is 0.000000154. The van der Waals surface area contributed by atoms with Gasteiger partial charge in [-0.05, 0) is 328 Å². The van der Waals surface area contributed by atoms with E-state index in [1.54, 1.807) is 82.5 Å². The number of ether oxygens (including phenoxy) is 4. The first kappa shape index (κ1) is 96.1. The van der Waals surface area contributed by atoms with Crippen LogP contribution < -0.4 is 43.1 Å². The predicted octanol–water partition coefficient (Wildman–Crippen LogP) is 18.6. The number of aliphatic hydroxyl groups is 1. The molecule has 6 heterocycles. The molecule has 6 aromatic rings. The second kappa shape index (κ2) is 38.0. The van der Waals surface area contributed by atoms with Gasteiger partial charge in [-0.2, -0.15) is 0 Å². The van der Waals surface area contributed by atoms with E-state index < -0.39 is 74.7 Å². The Labute approximate surface area is 773 Å². The van der Waals surface area contributed by atoms with E-state index in [1.807, 2.05) is 70.2 Å². The zero-order chi connectivity index (χ0) is 89.4. The molecule has 3 fully saturated rings. The van der Waals surface area contributed by atoms with Gasteiger partial charge in [-0.3, -0.25) is 19.2 Å². The lowest BCUT2D eigenvalue weighted by atomic mass is 9.64. The lowest BCUT2D eigenvalue weighted by Crippen LogP contribution is -2.52. The standard InChI is InChI=1S/C34H43ClN2O5S.C33H41ClN2O5S.C32H37ClN2O5S.2CH4/c1-22-7-5-15-33(3,41-4)28-12-9-26(28)19-37-20-34(16-6-8-24-17-27(35)11-13-29(24)34)21-42-31-14-10-25(18-30(31)37)32(38)36-43(39,40)23(22)2;1-21-6-4-14-32(3,38)27-11-8-25(27)18-36-19-33(15-5-7-23-16-26(34)10-12-28(23)33)20-41-30-13-9-24(17-29(30)36)31(37)35-42(39,40)22(21)2;1-20-5-3-7-29(36)26-11-8-24(26)17-35-18-32(14-4-6-22-15-25(33)10-12-27(22)32)19-40-30-13-9-23(16-28(30)35)31(37)34-41(38,39)21(20)2;;/h5,10-11,13-15,17-18,22-23,26,28H,6-9,12,16,19-21H2,1-4H3,(H,36,38);4,9-10,12-14,16-17,21-22,25,27,38H,5-8,11,15,18-20H2,1-3H3,(H,35,37);3,7,9-10,12-13,15-16,20-21,24,26H,4-6,8,11,14,17-19H2,1-2H3,(H,34,37);2*1H4/b15-5+;14-4+;7-3+;;/t22-,23+,26-,28+,33-,34-;21-,22+,25-,27+,32-,33-;20-,21+,24-,26+,32-;;/m000../s1. The fourth-order valence-electron chi connectivity index (χ4n) is 22.2. The first-order chi connectivity index (χ1) is 59.9. The molecular formula is C101H129Cl3N6O15S3. The normalized spacial score (nSPS) is 33.4. The quantitative estimate of drug-likeness (QED) is 0.111. The van der Waals surface area contributed by atoms with Crippen molar-refractivity contribution >= 4 is 105 Å². The maximum Gasteiger partial charge on any atom is 0.264 e. The number of allylic oxidation sites excluding steroid dienone is 4. The number of hydrogen-bond acceptors (Lipinski definition) is 18. The van der Waals surface area contributed by atoms with Gasteiger partial charge in [-0.15, -0.1) is 0 Å². The fraction of sp³-hybridized carbons (Fsp3) is 0.545. The van der Waals surface area contributed by atoms with Crippen LogP contribution in [0.1, 0.15) is 231 Å². The van der Waals surface area contributed by atoms with Gasteiger partial charge in [-0.25, -0.2) is 39.4 Å². The van der Waals surface area contributed by atoms with Gasteiger partial charge in [0, 0.05) is 100 Å². The number of carbonyl (C=O) groups is 4. The number of carbonyl (C=O) groups excluding carboxylic acids is 4. The Morgan fingerprint density at radius 1 is 0.438 bits per heavy atom. The summed E-state index contributed by atoms with van der Waals surface area (Å²) in [5, 5.41) is 11.4. The first-order valence-corrected chi connectivity index (χ1v) is 51.1. The summed E-state index contributed by atoms with van der Waals surface area (Å²) in [4.78, 5) is 60.2. The largest absolute Gasteiger partial charge is 0.490 e. The van der Waals surface area contributed by atoms with Crippen LogP contribution in [0.2, 0.25) is 15.1 Å². The van der Waals surface area contributed by atoms with Gasteiger partial charge in [0.15, 0.2) is 5.78 Å². The van der Waals surface area contributed by atoms with Crippen LogP contribution in [0.5, 0.6) is 17.2 Å². The van der Waals surface area contributed by atoms with Crippen LogP contribution in [-0.2, 0) is 75.1 Å². The summed E-state index contributed by atoms with van der Waals surface area (Å²) in [6.45, 7) is 20.2. The maximum absolute atomic E-state index is 13.4. The van der Waals surface area contributed by atoms with Crippen LogP contribution in [0.15, 0.2) is 146 Å². The summed E-state index contributed by atoms with van der Waals surface area (Å²) >= 11 is 19.2. The average molecular weight is 1870 g/mol. The van der Waals surface area contributed by atoms with E-state index in [0.29, 0.717) is 99.9 Å². The second-order valence-electron chi connectivity index (χ2n) is 39.1. The highest BCUT2D eigenvalue weighted by molar-refractivity contribution is 7.91. The van der Waals surface area contributed by atoms with Crippen molar-refractivity contribution in [2.45, 2.75) is 229 Å². The molecule has 6 aromatic carbocycles. The van der Waals surface area contributed by atoms with Crippen molar-refractivity contribution < 1.29 is 68.5 Å². The van der Waals surface area contributed by atoms with E-state index in [9.17, 15) is 49.5 Å². The number of nitrogens with zero attached hydrogens (tertiary/aromatic N) is 3. The number of ketones is 1. The topological polar surface area (TPSA) is 274 Å². The summed E-state index contributed by atoms with van der Waals surface area (Å²) < 4.78 is 112. The second-order valence-corrected chi connectivity index (χ2v) is 46.5. The van der Waals surface area contributed by atoms with E-state index in [2.05, 4.69) is 84.3 Å². The molecule has 0 aromatic heterocycles. The Kier molecular flexibility index (Phi) is 28.5. The SMILES string of the molecule is C.C.CO[C@@]1(C)/C=C/C[C@H](C)[C@@H](C)S(=O)(=O)NC(=O)c2ccc3c(c2)N(C[C@@H]2CC[C@H]21)C[C@@]1(CCCc2cc(Cl)ccc21)CO3.C[C@@H]1[C@@H](C)C/C=C/C(=O)[C@@H]2CC[C@H]2CN2C[C@@]3(CCCc4cc(Cl)ccc43)COc3ccc(cc32)C(=O)NS1(=O)=O.C[C@@H]1[C@@H](C)C/C=C/[C@](C)(O)[C@@H]2CC[C@H]2CN2C[C@@]3(CCCc4cc(Cl)ccc43)COc3ccc(cc32)C(=O)NS1(=O)=O. The first-order valence-electron chi connectivity index (χ1n) is 45.3. The highest BCUT2D eigenvalue weighted by Gasteiger charge is 2.52. The number of amides is 3. The number of fused-ring (bicyclic) bond motifs is 12. The fourth-order valence-corrected chi connectivity index (χ4v) is 26.7. The monoisotopic (exact) mass is 1870 g/mol. The molecule has 3 saturated carbocycles. The molecule has 6 aliphatic heterocycles. The molecule has 6 bridgehead atoms. The van der Waals surface area contributed by atoms with Crippen LogP contribution in [0, 0.1) is 53.3 Å². The molecule has 17 atom stereocenters. The van der Waals surface area contributed by atoms with Crippen molar-refractivity contribution in [3.8, 4) is 17.2 Å². The van der Waals surface area contributed by atoms with Crippen molar-refractivity contribution in [2.75, 3.05) is 80.9 Å². The zero-order valence-electron chi connectivity index (χ0n) is 73.7. The third kappa shape index (κ3) is 19.4. The molecule has 4 N–H and O–H groups in total. The van der Waals surface area contributed by atoms with Crippen LogP contribution in [0.4, 0.5) is 17.1 Å². The minimum absolute atomic E-state index is 0. The Bertz CT molecular complexity index is 5670. The van der Waals surface area contributed by atoms with Gasteiger partial charge in [0.1, 0.15) is 17.2 Å². The molecule has 0 radical (unpaired) electrons. The van der Waals surface area contributed by atoms with E-state index >= 15 is 0 Å². The molecule has 21 nitrogen and oxygen atoms in total. The Hall–Kier alpha value is -7.94. The number of benzene rings is 6. The lowest BCUT2D eigenvalue weighted by molar-refractivity contribution is -0.122. The summed E-state index contributed by atoms with van der Waals surface area (Å²) in [5.74, 6) is 0.697. The number of methoxy groups -OCH3 is 1. The molecule has 6 aliphatic carbocycles. The van der Waals surface area contributed by atoms with Gasteiger partial charge in [-0.1, -0.05) is 119 Å². The van der Waals surface area contributed by atoms with Gasteiger partial charge < -0.3 is 38.8 Å². The molecule has 692 valence electrons. The number of hydrogen-bond donors (Lipinski definition) is 4. The van der Waals surface area contributed by atoms with Crippen molar-refractivity contribution in [1.29, 1.82) is 0 Å². The molecule has 12 aliphatic rings. The number of nitrogens with one attached hydrogen (secondary N) is 3. The number of aryl methyl sites for hydroxylation is 3. The minimum Gasteiger partial charge on any atom is -0.490 e. The van der Waals surface area contributed by atoms with Crippen LogP contribution >= 0.6 is 34.8 Å². The number of sulfonamides is 3. The highest BCUT2D eigenvalue weighted by Crippen LogP contribution is 2.54. The smallest absolute Gasteiger partial charge is 0.264 e.